The van der Waals surface area contributed by atoms with Crippen LogP contribution < -0.4 is 5.32 Å². The number of esters is 1. The second-order valence-electron chi connectivity index (χ2n) is 2.96. The highest BCUT2D eigenvalue weighted by Crippen LogP contribution is 2.15. The Labute approximate surface area is 88.2 Å². The van der Waals surface area contributed by atoms with Crippen LogP contribution in [0.4, 0.5) is 5.69 Å². The molecule has 0 aromatic heterocycles. The van der Waals surface area contributed by atoms with E-state index in [2.05, 4.69) is 10.1 Å². The van der Waals surface area contributed by atoms with Crippen molar-refractivity contribution in [2.75, 3.05) is 12.4 Å². The first-order valence-electron chi connectivity index (χ1n) is 4.66. The van der Waals surface area contributed by atoms with Gasteiger partial charge in [-0.05, 0) is 18.1 Å². The van der Waals surface area contributed by atoms with Gasteiger partial charge in [0.2, 0.25) is 0 Å². The minimum Gasteiger partial charge on any atom is -0.462 e. The van der Waals surface area contributed by atoms with E-state index < -0.39 is 11.9 Å². The number of benzene rings is 1. The molecule has 1 amide bonds. The van der Waals surface area contributed by atoms with Crippen LogP contribution >= 0.6 is 0 Å². The molecule has 0 saturated carbocycles. The van der Waals surface area contributed by atoms with Gasteiger partial charge in [-0.3, -0.25) is 4.79 Å². The average molecular weight is 207 g/mol. The number of para-hydroxylation sites is 1. The third-order valence-electron chi connectivity index (χ3n) is 2.02. The molecule has 0 saturated heterocycles. The highest BCUT2D eigenvalue weighted by molar-refractivity contribution is 6.37. The Morgan fingerprint density at radius 3 is 2.60 bits per heavy atom. The molecule has 0 heterocycles. The molecule has 0 radical (unpaired) electrons. The summed E-state index contributed by atoms with van der Waals surface area (Å²) in [6.07, 6.45) is 0.789. The molecule has 0 atom stereocenters. The van der Waals surface area contributed by atoms with Crippen LogP contribution in [-0.2, 0) is 20.7 Å². The van der Waals surface area contributed by atoms with Crippen molar-refractivity contribution in [3.63, 3.8) is 0 Å². The van der Waals surface area contributed by atoms with Crippen LogP contribution in [0.15, 0.2) is 24.3 Å². The summed E-state index contributed by atoms with van der Waals surface area (Å²) in [6, 6.07) is 7.32. The second-order valence-corrected chi connectivity index (χ2v) is 2.96. The number of ether oxygens (including phenoxy) is 1. The SMILES string of the molecule is CCc1ccccc1NC(=O)C(=O)OC. The Balaban J connectivity index is 2.80. The van der Waals surface area contributed by atoms with Gasteiger partial charge in [-0.15, -0.1) is 0 Å². The maximum absolute atomic E-state index is 11.2. The van der Waals surface area contributed by atoms with E-state index in [1.54, 1.807) is 12.1 Å². The summed E-state index contributed by atoms with van der Waals surface area (Å²) < 4.78 is 4.31. The number of methoxy groups -OCH3 is 1. The zero-order valence-corrected chi connectivity index (χ0v) is 8.74. The molecule has 0 aliphatic carbocycles. The quantitative estimate of drug-likeness (QED) is 0.588. The van der Waals surface area contributed by atoms with E-state index in [0.717, 1.165) is 12.0 Å². The van der Waals surface area contributed by atoms with Gasteiger partial charge in [0.15, 0.2) is 0 Å². The predicted molar refractivity (Wildman–Crippen MR) is 56.5 cm³/mol. The minimum absolute atomic E-state index is 0.649. The first-order chi connectivity index (χ1) is 7.19. The molecular weight excluding hydrogens is 194 g/mol. The summed E-state index contributed by atoms with van der Waals surface area (Å²) in [4.78, 5) is 22.1. The first-order valence-corrected chi connectivity index (χ1v) is 4.66. The normalized spacial score (nSPS) is 9.47. The highest BCUT2D eigenvalue weighted by atomic mass is 16.5. The molecule has 0 aliphatic heterocycles. The lowest BCUT2D eigenvalue weighted by atomic mass is 10.1. The Morgan fingerprint density at radius 2 is 2.00 bits per heavy atom. The zero-order valence-electron chi connectivity index (χ0n) is 8.74. The van der Waals surface area contributed by atoms with Crippen molar-refractivity contribution in [1.29, 1.82) is 0 Å². The number of hydrogen-bond acceptors (Lipinski definition) is 3. The van der Waals surface area contributed by atoms with Crippen molar-refractivity contribution in [3.8, 4) is 0 Å². The maximum Gasteiger partial charge on any atom is 0.396 e. The lowest BCUT2D eigenvalue weighted by Crippen LogP contribution is -2.24. The summed E-state index contributed by atoms with van der Waals surface area (Å²) in [7, 11) is 1.17. The zero-order chi connectivity index (χ0) is 11.3. The smallest absolute Gasteiger partial charge is 0.396 e. The van der Waals surface area contributed by atoms with E-state index in [-0.39, 0.29) is 0 Å². The lowest BCUT2D eigenvalue weighted by molar-refractivity contribution is -0.150. The van der Waals surface area contributed by atoms with Gasteiger partial charge in [-0.25, -0.2) is 4.79 Å². The molecule has 1 aromatic carbocycles. The number of nitrogens with one attached hydrogen (secondary N) is 1. The molecule has 15 heavy (non-hydrogen) atoms. The molecule has 1 aromatic rings. The maximum atomic E-state index is 11.2. The Morgan fingerprint density at radius 1 is 1.33 bits per heavy atom. The number of anilines is 1. The third-order valence-corrected chi connectivity index (χ3v) is 2.02. The third kappa shape index (κ3) is 2.80. The van der Waals surface area contributed by atoms with Crippen molar-refractivity contribution in [2.45, 2.75) is 13.3 Å². The van der Waals surface area contributed by atoms with Crippen molar-refractivity contribution < 1.29 is 14.3 Å². The Kier molecular flexibility index (Phi) is 3.85. The molecule has 4 heteroatoms. The van der Waals surface area contributed by atoms with Crippen LogP contribution in [0, 0.1) is 0 Å². The van der Waals surface area contributed by atoms with E-state index in [1.165, 1.54) is 7.11 Å². The molecule has 1 rings (SSSR count). The van der Waals surface area contributed by atoms with Crippen molar-refractivity contribution >= 4 is 17.6 Å². The molecule has 0 spiro atoms. The molecule has 4 nitrogen and oxygen atoms in total. The van der Waals surface area contributed by atoms with Gasteiger partial charge in [0.05, 0.1) is 7.11 Å². The summed E-state index contributed by atoms with van der Waals surface area (Å²) in [6.45, 7) is 1.98. The first kappa shape index (κ1) is 11.2. The fourth-order valence-corrected chi connectivity index (χ4v) is 1.22. The van der Waals surface area contributed by atoms with Gasteiger partial charge in [-0.2, -0.15) is 0 Å². The molecular formula is C11H13NO3. The Bertz CT molecular complexity index is 374. The summed E-state index contributed by atoms with van der Waals surface area (Å²) in [5, 5.41) is 2.50. The van der Waals surface area contributed by atoms with Crippen LogP contribution in [0.5, 0.6) is 0 Å². The number of hydrogen-bond donors (Lipinski definition) is 1. The molecule has 1 N–H and O–H groups in total. The van der Waals surface area contributed by atoms with Gasteiger partial charge in [-0.1, -0.05) is 25.1 Å². The molecule has 0 unspecified atom stereocenters. The molecule has 0 bridgehead atoms. The average Bonchev–Trinajstić information content (AvgIpc) is 2.28. The van der Waals surface area contributed by atoms with Crippen LogP contribution in [0.1, 0.15) is 12.5 Å². The van der Waals surface area contributed by atoms with Crippen molar-refractivity contribution in [2.24, 2.45) is 0 Å². The van der Waals surface area contributed by atoms with Gasteiger partial charge in [0.1, 0.15) is 0 Å². The van der Waals surface area contributed by atoms with E-state index in [0.29, 0.717) is 5.69 Å². The minimum atomic E-state index is -0.888. The lowest BCUT2D eigenvalue weighted by Gasteiger charge is -2.07. The monoisotopic (exact) mass is 207 g/mol. The van der Waals surface area contributed by atoms with Crippen LogP contribution in [0.2, 0.25) is 0 Å². The largest absolute Gasteiger partial charge is 0.462 e. The number of rotatable bonds is 2. The van der Waals surface area contributed by atoms with E-state index in [4.69, 9.17) is 0 Å². The molecule has 0 fully saturated rings. The predicted octanol–water partition coefficient (Wildman–Crippen LogP) is 1.36. The van der Waals surface area contributed by atoms with Crippen molar-refractivity contribution in [3.05, 3.63) is 29.8 Å². The van der Waals surface area contributed by atoms with Gasteiger partial charge in [0, 0.05) is 5.69 Å². The topological polar surface area (TPSA) is 55.4 Å². The molecule has 80 valence electrons. The number of amides is 1. The summed E-state index contributed by atoms with van der Waals surface area (Å²) in [5.41, 5.74) is 1.63. The number of aryl methyl sites for hydroxylation is 1. The summed E-state index contributed by atoms with van der Waals surface area (Å²) in [5.74, 6) is -1.64. The molecule has 0 aliphatic rings. The van der Waals surface area contributed by atoms with E-state index >= 15 is 0 Å². The van der Waals surface area contributed by atoms with Gasteiger partial charge < -0.3 is 10.1 Å². The Hall–Kier alpha value is -1.84. The fraction of sp³-hybridized carbons (Fsp3) is 0.273. The number of carbonyl (C=O) groups excluding carboxylic acids is 2. The summed E-state index contributed by atoms with van der Waals surface area (Å²) >= 11 is 0. The standard InChI is InChI=1S/C11H13NO3/c1-3-8-6-4-5-7-9(8)12-10(13)11(14)15-2/h4-7H,3H2,1-2H3,(H,12,13). The van der Waals surface area contributed by atoms with E-state index in [1.807, 2.05) is 19.1 Å². The highest BCUT2D eigenvalue weighted by Gasteiger charge is 2.14. The van der Waals surface area contributed by atoms with Crippen LogP contribution in [0.3, 0.4) is 0 Å². The van der Waals surface area contributed by atoms with E-state index in [9.17, 15) is 9.59 Å². The van der Waals surface area contributed by atoms with Gasteiger partial charge >= 0.3 is 11.9 Å². The fourth-order valence-electron chi connectivity index (χ4n) is 1.22. The van der Waals surface area contributed by atoms with Crippen molar-refractivity contribution in [1.82, 2.24) is 0 Å². The van der Waals surface area contributed by atoms with Gasteiger partial charge in [0.25, 0.3) is 0 Å². The van der Waals surface area contributed by atoms with Crippen LogP contribution in [-0.4, -0.2) is 19.0 Å². The van der Waals surface area contributed by atoms with Crippen LogP contribution in [0.25, 0.3) is 0 Å². The number of carbonyl (C=O) groups is 2. The second kappa shape index (κ2) is 5.14.